The van der Waals surface area contributed by atoms with Crippen LogP contribution < -0.4 is 20.9 Å². The zero-order valence-electron chi connectivity index (χ0n) is 24.2. The Bertz CT molecular complexity index is 1670. The number of anilines is 3. The molecule has 5 rings (SSSR count). The van der Waals surface area contributed by atoms with Gasteiger partial charge in [-0.25, -0.2) is 9.97 Å². The van der Waals surface area contributed by atoms with Gasteiger partial charge in [-0.3, -0.25) is 9.48 Å². The van der Waals surface area contributed by atoms with Crippen LogP contribution in [0.15, 0.2) is 42.6 Å². The number of nitrogens with one attached hydrogen (secondary N) is 1. The van der Waals surface area contributed by atoms with Crippen LogP contribution in [0.1, 0.15) is 40.9 Å². The molecule has 3 aromatic heterocycles. The summed E-state index contributed by atoms with van der Waals surface area (Å²) < 4.78 is 1.69. The summed E-state index contributed by atoms with van der Waals surface area (Å²) in [7, 11) is 1.81. The second kappa shape index (κ2) is 12.1. The molecule has 1 atom stereocenters. The van der Waals surface area contributed by atoms with Gasteiger partial charge < -0.3 is 26.0 Å². The zero-order valence-corrected chi connectivity index (χ0v) is 24.2. The van der Waals surface area contributed by atoms with Gasteiger partial charge in [0, 0.05) is 55.7 Å². The van der Waals surface area contributed by atoms with Crippen LogP contribution in [0, 0.1) is 25.7 Å². The van der Waals surface area contributed by atoms with E-state index in [0.29, 0.717) is 41.7 Å². The summed E-state index contributed by atoms with van der Waals surface area (Å²) >= 11 is 0. The lowest BCUT2D eigenvalue weighted by molar-refractivity contribution is 0.0952. The molecule has 0 unspecified atom stereocenters. The molecule has 0 bridgehead atoms. The number of nitrogens with two attached hydrogens (primary N) is 1. The summed E-state index contributed by atoms with van der Waals surface area (Å²) in [6.45, 7) is 8.26. The van der Waals surface area contributed by atoms with Crippen molar-refractivity contribution >= 4 is 23.2 Å². The lowest BCUT2D eigenvalue weighted by Crippen LogP contribution is -2.35. The van der Waals surface area contributed by atoms with Crippen LogP contribution in [0.25, 0.3) is 11.3 Å². The van der Waals surface area contributed by atoms with Crippen molar-refractivity contribution in [3.63, 3.8) is 0 Å². The summed E-state index contributed by atoms with van der Waals surface area (Å²) in [4.78, 5) is 25.9. The second-order valence-corrected chi connectivity index (χ2v) is 10.2. The van der Waals surface area contributed by atoms with Crippen molar-refractivity contribution in [3.8, 4) is 28.8 Å². The highest BCUT2D eigenvalue weighted by atomic mass is 16.3. The van der Waals surface area contributed by atoms with Gasteiger partial charge in [0.25, 0.3) is 5.91 Å². The van der Waals surface area contributed by atoms with Crippen LogP contribution in [0.2, 0.25) is 0 Å². The van der Waals surface area contributed by atoms with Gasteiger partial charge in [0.2, 0.25) is 5.82 Å². The minimum Gasteiger partial charge on any atom is -0.507 e. The number of phenolic OH excluding ortho intramolecular Hbond substituents is 1. The Balaban J connectivity index is 1.26. The fraction of sp³-hybridized carbons (Fsp3) is 0.333. The average Bonchev–Trinajstić information content (AvgIpc) is 3.12. The molecule has 216 valence electrons. The smallest absolute Gasteiger partial charge is 0.272 e. The molecule has 0 aliphatic carbocycles. The summed E-state index contributed by atoms with van der Waals surface area (Å²) in [6, 6.07) is 11.0. The maximum atomic E-state index is 12.5. The minimum absolute atomic E-state index is 0.140. The van der Waals surface area contributed by atoms with Crippen molar-refractivity contribution < 1.29 is 9.90 Å². The van der Waals surface area contributed by atoms with E-state index in [1.165, 1.54) is 0 Å². The first-order chi connectivity index (χ1) is 20.2. The summed E-state index contributed by atoms with van der Waals surface area (Å²) in [5, 5.41) is 25.7. The van der Waals surface area contributed by atoms with Crippen molar-refractivity contribution in [3.05, 3.63) is 65.4 Å². The van der Waals surface area contributed by atoms with Crippen LogP contribution in [0.4, 0.5) is 17.3 Å². The molecule has 1 amide bonds. The van der Waals surface area contributed by atoms with E-state index in [9.17, 15) is 9.90 Å². The molecule has 42 heavy (non-hydrogen) atoms. The Morgan fingerprint density at radius 2 is 1.98 bits per heavy atom. The molecule has 0 radical (unpaired) electrons. The van der Waals surface area contributed by atoms with E-state index < -0.39 is 0 Å². The van der Waals surface area contributed by atoms with E-state index in [1.807, 2.05) is 39.1 Å². The number of hydrogen-bond donors (Lipinski definition) is 3. The zero-order chi connectivity index (χ0) is 29.8. The Morgan fingerprint density at radius 3 is 2.74 bits per heavy atom. The topological polar surface area (TPSA) is 151 Å². The van der Waals surface area contributed by atoms with Gasteiger partial charge in [0.15, 0.2) is 11.5 Å². The molecule has 4 N–H and O–H groups in total. The number of para-hydroxylation sites is 1. The third kappa shape index (κ3) is 5.95. The van der Waals surface area contributed by atoms with Gasteiger partial charge >= 0.3 is 0 Å². The third-order valence-corrected chi connectivity index (χ3v) is 7.60. The highest BCUT2D eigenvalue weighted by Crippen LogP contribution is 2.32. The fourth-order valence-electron chi connectivity index (χ4n) is 4.94. The van der Waals surface area contributed by atoms with Gasteiger partial charge in [-0.2, -0.15) is 5.10 Å². The molecule has 1 aliphatic heterocycles. The Hall–Kier alpha value is -5.18. The van der Waals surface area contributed by atoms with Gasteiger partial charge in [-0.15, -0.1) is 10.2 Å². The molecule has 0 saturated carbocycles. The largest absolute Gasteiger partial charge is 0.507 e. The third-order valence-electron chi connectivity index (χ3n) is 7.60. The highest BCUT2D eigenvalue weighted by Gasteiger charge is 2.24. The van der Waals surface area contributed by atoms with Crippen molar-refractivity contribution in [2.24, 2.45) is 7.05 Å². The van der Waals surface area contributed by atoms with Gasteiger partial charge in [-0.1, -0.05) is 18.1 Å². The number of aromatic nitrogens is 6. The number of nitrogen functional groups attached to an aromatic ring is 1. The number of hydrogen-bond acceptors (Lipinski definition) is 10. The molecule has 1 aliphatic rings. The van der Waals surface area contributed by atoms with Crippen LogP contribution in [0.3, 0.4) is 0 Å². The standard InChI is InChI=1S/C30H34N10O2/c1-19-12-15-39(24-18-23(35-36-29(24)31)22-8-5-6-9-25(22)41)16-17-40(19)27-11-14-32-26(34-27)10-7-13-33-30(42)28-20(2)21(3)38(4)37-28/h5-6,8-9,11,14,18-19,41H,12-13,15-17H2,1-4H3,(H2,31,36)(H,33,42)/t19-/m1/s1. The number of carbonyl (C=O) groups excluding carboxylic acids is 1. The normalized spacial score (nSPS) is 15.1. The van der Waals surface area contributed by atoms with E-state index in [0.717, 1.165) is 35.7 Å². The number of benzene rings is 1. The maximum Gasteiger partial charge on any atom is 0.272 e. The SMILES string of the molecule is Cc1c(C(=O)NCC#Cc2nccc(N3CCN(c4cc(-c5ccccc5O)nnc4N)CC[C@H]3C)n2)nn(C)c1C. The number of rotatable bonds is 5. The van der Waals surface area contributed by atoms with Crippen LogP contribution >= 0.6 is 0 Å². The quantitative estimate of drug-likeness (QED) is 0.307. The highest BCUT2D eigenvalue weighted by molar-refractivity contribution is 5.94. The number of amides is 1. The van der Waals surface area contributed by atoms with E-state index >= 15 is 0 Å². The van der Waals surface area contributed by atoms with E-state index in [2.05, 4.69) is 54.2 Å². The monoisotopic (exact) mass is 566 g/mol. The molecule has 4 aromatic rings. The van der Waals surface area contributed by atoms with Crippen molar-refractivity contribution in [2.75, 3.05) is 41.7 Å². The van der Waals surface area contributed by atoms with E-state index in [1.54, 1.807) is 29.1 Å². The van der Waals surface area contributed by atoms with Crippen LogP contribution in [0.5, 0.6) is 5.75 Å². The molecule has 1 fully saturated rings. The molecule has 12 nitrogen and oxygen atoms in total. The van der Waals surface area contributed by atoms with Crippen molar-refractivity contribution in [2.45, 2.75) is 33.2 Å². The molecular weight excluding hydrogens is 532 g/mol. The van der Waals surface area contributed by atoms with E-state index in [4.69, 9.17) is 10.7 Å². The van der Waals surface area contributed by atoms with Crippen LogP contribution in [-0.2, 0) is 7.05 Å². The van der Waals surface area contributed by atoms with Gasteiger partial charge in [-0.05, 0) is 57.4 Å². The number of carbonyl (C=O) groups is 1. The van der Waals surface area contributed by atoms with Gasteiger partial charge in [0.1, 0.15) is 11.6 Å². The lowest BCUT2D eigenvalue weighted by Gasteiger charge is -2.28. The Kier molecular flexibility index (Phi) is 8.19. The summed E-state index contributed by atoms with van der Waals surface area (Å²) in [5.74, 6) is 7.29. The molecule has 1 saturated heterocycles. The second-order valence-electron chi connectivity index (χ2n) is 10.2. The number of nitrogens with zero attached hydrogens (tertiary/aromatic N) is 8. The maximum absolute atomic E-state index is 12.5. The number of aryl methyl sites for hydroxylation is 1. The number of aromatic hydroxyl groups is 1. The van der Waals surface area contributed by atoms with Gasteiger partial charge in [0.05, 0.1) is 17.9 Å². The Labute approximate surface area is 244 Å². The lowest BCUT2D eigenvalue weighted by atomic mass is 10.1. The van der Waals surface area contributed by atoms with Crippen molar-refractivity contribution in [1.82, 2.24) is 35.3 Å². The molecule has 0 spiro atoms. The van der Waals surface area contributed by atoms with Crippen molar-refractivity contribution in [1.29, 1.82) is 0 Å². The first kappa shape index (κ1) is 28.4. The molecule has 1 aromatic carbocycles. The average molecular weight is 567 g/mol. The first-order valence-electron chi connectivity index (χ1n) is 13.8. The summed E-state index contributed by atoms with van der Waals surface area (Å²) in [5.41, 5.74) is 10.4. The predicted octanol–water partition coefficient (Wildman–Crippen LogP) is 2.46. The number of phenols is 1. The fourth-order valence-corrected chi connectivity index (χ4v) is 4.94. The predicted molar refractivity (Wildman–Crippen MR) is 161 cm³/mol. The molecule has 12 heteroatoms. The minimum atomic E-state index is -0.263. The molecule has 4 heterocycles. The Morgan fingerprint density at radius 1 is 1.17 bits per heavy atom. The first-order valence-corrected chi connectivity index (χ1v) is 13.8. The van der Waals surface area contributed by atoms with E-state index in [-0.39, 0.29) is 24.2 Å². The summed E-state index contributed by atoms with van der Waals surface area (Å²) in [6.07, 6.45) is 2.56. The van der Waals surface area contributed by atoms with Crippen LogP contribution in [-0.4, -0.2) is 73.2 Å². The molecular formula is C30H34N10O2.